The fourth-order valence-corrected chi connectivity index (χ4v) is 2.98. The highest BCUT2D eigenvalue weighted by Gasteiger charge is 2.29. The second kappa shape index (κ2) is 6.38. The van der Waals surface area contributed by atoms with Gasteiger partial charge in [-0.2, -0.15) is 0 Å². The summed E-state index contributed by atoms with van der Waals surface area (Å²) in [4.78, 5) is 16.1. The molecule has 2 amide bonds. The fraction of sp³-hybridized carbons (Fsp3) is 0.923. The first kappa shape index (κ1) is 13.6. The van der Waals surface area contributed by atoms with Gasteiger partial charge in [-0.25, -0.2) is 4.79 Å². The molecule has 18 heavy (non-hydrogen) atoms. The van der Waals surface area contributed by atoms with E-state index in [1.54, 1.807) is 0 Å². The van der Waals surface area contributed by atoms with Crippen LogP contribution in [-0.4, -0.2) is 65.4 Å². The van der Waals surface area contributed by atoms with Crippen LogP contribution >= 0.6 is 0 Å². The number of aliphatic hydroxyl groups excluding tert-OH is 2. The second-order valence-electron chi connectivity index (χ2n) is 5.56. The van der Waals surface area contributed by atoms with Crippen LogP contribution in [0, 0.1) is 11.8 Å². The van der Waals surface area contributed by atoms with Crippen molar-refractivity contribution in [2.75, 3.05) is 39.4 Å². The number of carbonyl (C=O) groups excluding carboxylic acids is 1. The Morgan fingerprint density at radius 1 is 0.944 bits per heavy atom. The van der Waals surface area contributed by atoms with Crippen LogP contribution < -0.4 is 0 Å². The van der Waals surface area contributed by atoms with Gasteiger partial charge in [0.15, 0.2) is 0 Å². The Hall–Kier alpha value is -0.810. The Balaban J connectivity index is 1.89. The molecule has 104 valence electrons. The summed E-state index contributed by atoms with van der Waals surface area (Å²) >= 11 is 0. The highest BCUT2D eigenvalue weighted by atomic mass is 16.3. The summed E-state index contributed by atoms with van der Waals surface area (Å²) in [5.74, 6) is 0.474. The molecule has 2 heterocycles. The molecule has 2 fully saturated rings. The highest BCUT2D eigenvalue weighted by Crippen LogP contribution is 2.21. The molecule has 0 aromatic carbocycles. The van der Waals surface area contributed by atoms with E-state index in [0.717, 1.165) is 38.8 Å². The van der Waals surface area contributed by atoms with Gasteiger partial charge in [-0.05, 0) is 37.5 Å². The van der Waals surface area contributed by atoms with Crippen LogP contribution in [0.2, 0.25) is 0 Å². The molecule has 2 saturated heterocycles. The monoisotopic (exact) mass is 256 g/mol. The summed E-state index contributed by atoms with van der Waals surface area (Å²) in [6, 6.07) is 0.0892. The molecule has 2 atom stereocenters. The molecule has 2 aliphatic rings. The average Bonchev–Trinajstić information content (AvgIpc) is 2.46. The van der Waals surface area contributed by atoms with E-state index in [2.05, 4.69) is 0 Å². The van der Waals surface area contributed by atoms with Crippen molar-refractivity contribution >= 4 is 6.03 Å². The number of piperidine rings is 2. The number of likely N-dealkylation sites (tertiary alicyclic amines) is 2. The lowest BCUT2D eigenvalue weighted by Gasteiger charge is -2.39. The lowest BCUT2D eigenvalue weighted by atomic mass is 9.98. The number of carbonyl (C=O) groups is 1. The van der Waals surface area contributed by atoms with Gasteiger partial charge in [-0.3, -0.25) is 0 Å². The Bertz CT molecular complexity index is 259. The second-order valence-corrected chi connectivity index (χ2v) is 5.56. The quantitative estimate of drug-likeness (QED) is 0.757. The zero-order valence-electron chi connectivity index (χ0n) is 10.9. The maximum absolute atomic E-state index is 12.4. The lowest BCUT2D eigenvalue weighted by Crippen LogP contribution is -2.51. The first-order valence-electron chi connectivity index (χ1n) is 7.00. The van der Waals surface area contributed by atoms with Crippen LogP contribution in [0.4, 0.5) is 4.79 Å². The third-order valence-electron chi connectivity index (χ3n) is 4.10. The van der Waals surface area contributed by atoms with Gasteiger partial charge in [0.1, 0.15) is 0 Å². The van der Waals surface area contributed by atoms with Gasteiger partial charge >= 0.3 is 6.03 Å². The summed E-state index contributed by atoms with van der Waals surface area (Å²) in [5, 5.41) is 18.4. The molecule has 2 N–H and O–H groups in total. The summed E-state index contributed by atoms with van der Waals surface area (Å²) in [5.41, 5.74) is 0. The van der Waals surface area contributed by atoms with Crippen LogP contribution in [0.15, 0.2) is 0 Å². The van der Waals surface area contributed by atoms with Gasteiger partial charge in [0.05, 0.1) is 0 Å². The van der Waals surface area contributed by atoms with E-state index < -0.39 is 0 Å². The molecule has 2 aliphatic heterocycles. The summed E-state index contributed by atoms with van der Waals surface area (Å²) in [6.07, 6.45) is 3.99. The Labute approximate surface area is 108 Å². The van der Waals surface area contributed by atoms with Crippen molar-refractivity contribution in [2.24, 2.45) is 11.8 Å². The molecule has 2 unspecified atom stereocenters. The molecule has 2 rings (SSSR count). The molecule has 0 saturated carbocycles. The topological polar surface area (TPSA) is 64.0 Å². The summed E-state index contributed by atoms with van der Waals surface area (Å²) in [7, 11) is 0. The van der Waals surface area contributed by atoms with Gasteiger partial charge in [0, 0.05) is 39.4 Å². The first-order chi connectivity index (χ1) is 8.74. The SMILES string of the molecule is O=C(N1CCCC(CO)C1)N1CCCC(CO)C1. The van der Waals surface area contributed by atoms with E-state index in [9.17, 15) is 15.0 Å². The zero-order chi connectivity index (χ0) is 13.0. The molecule has 0 aromatic heterocycles. The predicted molar refractivity (Wildman–Crippen MR) is 68.2 cm³/mol. The first-order valence-corrected chi connectivity index (χ1v) is 7.00. The van der Waals surface area contributed by atoms with Crippen molar-refractivity contribution in [3.8, 4) is 0 Å². The number of hydrogen-bond acceptors (Lipinski definition) is 3. The maximum Gasteiger partial charge on any atom is 0.320 e. The number of rotatable bonds is 2. The average molecular weight is 256 g/mol. The third-order valence-corrected chi connectivity index (χ3v) is 4.10. The molecular weight excluding hydrogens is 232 g/mol. The molecule has 5 heteroatoms. The van der Waals surface area contributed by atoms with Crippen molar-refractivity contribution in [3.05, 3.63) is 0 Å². The fourth-order valence-electron chi connectivity index (χ4n) is 2.98. The van der Waals surface area contributed by atoms with E-state index in [1.807, 2.05) is 9.80 Å². The van der Waals surface area contributed by atoms with Crippen molar-refractivity contribution in [1.82, 2.24) is 9.80 Å². The predicted octanol–water partition coefficient (Wildman–Crippen LogP) is 0.515. The van der Waals surface area contributed by atoms with Crippen LogP contribution in [0.25, 0.3) is 0 Å². The van der Waals surface area contributed by atoms with Crippen LogP contribution in [0.3, 0.4) is 0 Å². The Kier molecular flexibility index (Phi) is 4.83. The van der Waals surface area contributed by atoms with E-state index in [0.29, 0.717) is 13.1 Å². The number of aliphatic hydroxyl groups is 2. The molecule has 5 nitrogen and oxygen atoms in total. The molecule has 0 aliphatic carbocycles. The van der Waals surface area contributed by atoms with E-state index in [-0.39, 0.29) is 31.1 Å². The molecule has 0 spiro atoms. The maximum atomic E-state index is 12.4. The van der Waals surface area contributed by atoms with E-state index >= 15 is 0 Å². The number of amides is 2. The smallest absolute Gasteiger partial charge is 0.320 e. The number of urea groups is 1. The minimum absolute atomic E-state index is 0.0892. The Morgan fingerprint density at radius 2 is 1.39 bits per heavy atom. The molecule has 0 aromatic rings. The van der Waals surface area contributed by atoms with Gasteiger partial charge in [0.25, 0.3) is 0 Å². The molecule has 0 bridgehead atoms. The minimum atomic E-state index is 0.0892. The summed E-state index contributed by atoms with van der Waals surface area (Å²) < 4.78 is 0. The van der Waals surface area contributed by atoms with Gasteiger partial charge in [0.2, 0.25) is 0 Å². The normalized spacial score (nSPS) is 29.4. The van der Waals surface area contributed by atoms with Crippen molar-refractivity contribution in [1.29, 1.82) is 0 Å². The van der Waals surface area contributed by atoms with Crippen molar-refractivity contribution in [2.45, 2.75) is 25.7 Å². The number of hydrogen-bond donors (Lipinski definition) is 2. The van der Waals surface area contributed by atoms with Crippen LogP contribution in [-0.2, 0) is 0 Å². The van der Waals surface area contributed by atoms with E-state index in [4.69, 9.17) is 0 Å². The van der Waals surface area contributed by atoms with Crippen LogP contribution in [0.5, 0.6) is 0 Å². The lowest BCUT2D eigenvalue weighted by molar-refractivity contribution is 0.0840. The van der Waals surface area contributed by atoms with Gasteiger partial charge < -0.3 is 20.0 Å². The summed E-state index contributed by atoms with van der Waals surface area (Å²) in [6.45, 7) is 3.29. The van der Waals surface area contributed by atoms with Crippen molar-refractivity contribution in [3.63, 3.8) is 0 Å². The molecule has 0 radical (unpaired) electrons. The van der Waals surface area contributed by atoms with E-state index in [1.165, 1.54) is 0 Å². The standard InChI is InChI=1S/C13H24N2O3/c16-9-11-3-1-5-14(7-11)13(18)15-6-2-4-12(8-15)10-17/h11-12,16-17H,1-10H2. The Morgan fingerprint density at radius 3 is 1.78 bits per heavy atom. The highest BCUT2D eigenvalue weighted by molar-refractivity contribution is 5.74. The largest absolute Gasteiger partial charge is 0.396 e. The van der Waals surface area contributed by atoms with Crippen molar-refractivity contribution < 1.29 is 15.0 Å². The van der Waals surface area contributed by atoms with Crippen LogP contribution in [0.1, 0.15) is 25.7 Å². The third kappa shape index (κ3) is 3.14. The zero-order valence-corrected chi connectivity index (χ0v) is 10.9. The molecular formula is C13H24N2O3. The number of nitrogens with zero attached hydrogens (tertiary/aromatic N) is 2. The van der Waals surface area contributed by atoms with Gasteiger partial charge in [-0.15, -0.1) is 0 Å². The van der Waals surface area contributed by atoms with Gasteiger partial charge in [-0.1, -0.05) is 0 Å². The minimum Gasteiger partial charge on any atom is -0.396 e.